The van der Waals surface area contributed by atoms with Crippen molar-refractivity contribution < 1.29 is 9.59 Å². The number of amides is 2. The molecule has 148 valence electrons. The summed E-state index contributed by atoms with van der Waals surface area (Å²) >= 11 is 6.00. The maximum Gasteiger partial charge on any atom is 0.272 e. The second kappa shape index (κ2) is 8.49. The lowest BCUT2D eigenvalue weighted by Gasteiger charge is -2.27. The van der Waals surface area contributed by atoms with Gasteiger partial charge in [-0.3, -0.25) is 14.3 Å². The van der Waals surface area contributed by atoms with Crippen molar-refractivity contribution in [2.45, 2.75) is 26.1 Å². The fourth-order valence-electron chi connectivity index (χ4n) is 3.39. The van der Waals surface area contributed by atoms with Crippen LogP contribution in [0.15, 0.2) is 60.7 Å². The molecular formula is C22H21ClN4O2. The van der Waals surface area contributed by atoms with Gasteiger partial charge in [0.1, 0.15) is 0 Å². The predicted molar refractivity (Wildman–Crippen MR) is 110 cm³/mol. The summed E-state index contributed by atoms with van der Waals surface area (Å²) < 4.78 is 1.81. The molecule has 2 aromatic carbocycles. The van der Waals surface area contributed by atoms with Crippen LogP contribution in [0.1, 0.15) is 27.3 Å². The summed E-state index contributed by atoms with van der Waals surface area (Å²) in [5, 5.41) is 7.91. The van der Waals surface area contributed by atoms with E-state index >= 15 is 0 Å². The highest BCUT2D eigenvalue weighted by atomic mass is 35.5. The standard InChI is InChI=1S/C22H21ClN4O2/c23-18-8-4-7-17(11-18)12-21(28)26-9-10-27-19(15-26)13-20(25-27)22(29)24-14-16-5-2-1-3-6-16/h1-8,11,13H,9-10,12,14-15H2,(H,24,29). The van der Waals surface area contributed by atoms with Crippen LogP contribution in [-0.4, -0.2) is 33.0 Å². The van der Waals surface area contributed by atoms with Crippen LogP contribution in [0.5, 0.6) is 0 Å². The van der Waals surface area contributed by atoms with E-state index < -0.39 is 0 Å². The number of fused-ring (bicyclic) bond motifs is 1. The van der Waals surface area contributed by atoms with Crippen molar-refractivity contribution in [2.24, 2.45) is 0 Å². The van der Waals surface area contributed by atoms with Crippen LogP contribution in [-0.2, 0) is 30.8 Å². The number of hydrogen-bond donors (Lipinski definition) is 1. The lowest BCUT2D eigenvalue weighted by molar-refractivity contribution is -0.132. The van der Waals surface area contributed by atoms with E-state index in [0.29, 0.717) is 43.3 Å². The van der Waals surface area contributed by atoms with Gasteiger partial charge in [-0.15, -0.1) is 0 Å². The Morgan fingerprint density at radius 1 is 1.00 bits per heavy atom. The minimum atomic E-state index is -0.215. The Morgan fingerprint density at radius 2 is 1.79 bits per heavy atom. The topological polar surface area (TPSA) is 67.2 Å². The summed E-state index contributed by atoms with van der Waals surface area (Å²) in [7, 11) is 0. The van der Waals surface area contributed by atoms with Gasteiger partial charge >= 0.3 is 0 Å². The number of rotatable bonds is 5. The van der Waals surface area contributed by atoms with Gasteiger partial charge in [-0.1, -0.05) is 54.1 Å². The van der Waals surface area contributed by atoms with Crippen LogP contribution in [0, 0.1) is 0 Å². The zero-order valence-electron chi connectivity index (χ0n) is 15.8. The van der Waals surface area contributed by atoms with Gasteiger partial charge in [0.05, 0.1) is 25.2 Å². The predicted octanol–water partition coefficient (Wildman–Crippen LogP) is 3.05. The normalized spacial score (nSPS) is 13.1. The third-order valence-corrected chi connectivity index (χ3v) is 5.16. The first-order valence-corrected chi connectivity index (χ1v) is 9.87. The number of carbonyl (C=O) groups is 2. The van der Waals surface area contributed by atoms with Gasteiger partial charge in [0.25, 0.3) is 5.91 Å². The molecule has 7 heteroatoms. The van der Waals surface area contributed by atoms with Gasteiger partial charge < -0.3 is 10.2 Å². The fourth-order valence-corrected chi connectivity index (χ4v) is 3.61. The number of nitrogens with one attached hydrogen (secondary N) is 1. The largest absolute Gasteiger partial charge is 0.347 e. The summed E-state index contributed by atoms with van der Waals surface area (Å²) in [4.78, 5) is 26.9. The van der Waals surface area contributed by atoms with E-state index in [1.165, 1.54) is 0 Å². The molecule has 0 spiro atoms. The first-order valence-electron chi connectivity index (χ1n) is 9.49. The van der Waals surface area contributed by atoms with Crippen LogP contribution in [0.2, 0.25) is 5.02 Å². The Bertz CT molecular complexity index is 1030. The Morgan fingerprint density at radius 3 is 2.59 bits per heavy atom. The molecule has 3 aromatic rings. The van der Waals surface area contributed by atoms with Crippen LogP contribution in [0.4, 0.5) is 0 Å². The summed E-state index contributed by atoms with van der Waals surface area (Å²) in [5.41, 5.74) is 3.16. The first-order chi connectivity index (χ1) is 14.1. The third kappa shape index (κ3) is 4.66. The maximum absolute atomic E-state index is 12.7. The number of carbonyl (C=O) groups excluding carboxylic acids is 2. The summed E-state index contributed by atoms with van der Waals surface area (Å²) in [6.45, 7) is 2.03. The number of aromatic nitrogens is 2. The second-order valence-electron chi connectivity index (χ2n) is 7.03. The van der Waals surface area contributed by atoms with Crippen molar-refractivity contribution in [3.63, 3.8) is 0 Å². The van der Waals surface area contributed by atoms with Gasteiger partial charge in [0, 0.05) is 18.1 Å². The number of halogens is 1. The molecule has 6 nitrogen and oxygen atoms in total. The summed E-state index contributed by atoms with van der Waals surface area (Å²) in [6, 6.07) is 18.8. The van der Waals surface area contributed by atoms with Gasteiger partial charge in [-0.05, 0) is 29.3 Å². The average molecular weight is 409 g/mol. The van der Waals surface area contributed by atoms with Crippen molar-refractivity contribution in [1.82, 2.24) is 20.0 Å². The molecule has 0 saturated heterocycles. The molecule has 0 unspecified atom stereocenters. The molecule has 2 amide bonds. The lowest BCUT2D eigenvalue weighted by Crippen LogP contribution is -2.39. The highest BCUT2D eigenvalue weighted by molar-refractivity contribution is 6.30. The van der Waals surface area contributed by atoms with Crippen molar-refractivity contribution in [1.29, 1.82) is 0 Å². The van der Waals surface area contributed by atoms with E-state index in [2.05, 4.69) is 10.4 Å². The van der Waals surface area contributed by atoms with Crippen molar-refractivity contribution in [3.05, 3.63) is 88.2 Å². The van der Waals surface area contributed by atoms with Gasteiger partial charge in [0.15, 0.2) is 5.69 Å². The van der Waals surface area contributed by atoms with E-state index in [4.69, 9.17) is 11.6 Å². The smallest absolute Gasteiger partial charge is 0.272 e. The molecule has 1 aliphatic rings. The van der Waals surface area contributed by atoms with Crippen LogP contribution < -0.4 is 5.32 Å². The van der Waals surface area contributed by atoms with Gasteiger partial charge in [-0.2, -0.15) is 5.10 Å². The Hall–Kier alpha value is -3.12. The molecule has 2 heterocycles. The minimum absolute atomic E-state index is 0.0368. The maximum atomic E-state index is 12.7. The van der Waals surface area contributed by atoms with Crippen LogP contribution in [0.3, 0.4) is 0 Å². The highest BCUT2D eigenvalue weighted by Crippen LogP contribution is 2.17. The van der Waals surface area contributed by atoms with Gasteiger partial charge in [0.2, 0.25) is 5.91 Å². The molecule has 0 fully saturated rings. The lowest BCUT2D eigenvalue weighted by atomic mass is 10.1. The molecule has 4 rings (SSSR count). The zero-order valence-corrected chi connectivity index (χ0v) is 16.6. The van der Waals surface area contributed by atoms with Crippen LogP contribution in [0.25, 0.3) is 0 Å². The monoisotopic (exact) mass is 408 g/mol. The first kappa shape index (κ1) is 19.2. The molecule has 1 aliphatic heterocycles. The Labute approximate surface area is 174 Å². The molecule has 1 N–H and O–H groups in total. The van der Waals surface area contributed by atoms with Gasteiger partial charge in [-0.25, -0.2) is 0 Å². The number of benzene rings is 2. The molecule has 0 aliphatic carbocycles. The summed E-state index contributed by atoms with van der Waals surface area (Å²) in [6.07, 6.45) is 0.305. The number of nitrogens with zero attached hydrogens (tertiary/aromatic N) is 3. The van der Waals surface area contributed by atoms with Crippen LogP contribution >= 0.6 is 11.6 Å². The number of hydrogen-bond acceptors (Lipinski definition) is 3. The quantitative estimate of drug-likeness (QED) is 0.705. The van der Waals surface area contributed by atoms with E-state index in [0.717, 1.165) is 16.8 Å². The molecule has 1 aromatic heterocycles. The molecule has 29 heavy (non-hydrogen) atoms. The SMILES string of the molecule is O=C(NCc1ccccc1)c1cc2n(n1)CCN(C(=O)Cc1cccc(Cl)c1)C2. The van der Waals surface area contributed by atoms with E-state index in [1.807, 2.05) is 48.5 Å². The molecule has 0 saturated carbocycles. The molecular weight excluding hydrogens is 388 g/mol. The molecule has 0 atom stereocenters. The Balaban J connectivity index is 1.38. The van der Waals surface area contributed by atoms with E-state index in [1.54, 1.807) is 21.7 Å². The highest BCUT2D eigenvalue weighted by Gasteiger charge is 2.24. The van der Waals surface area contributed by atoms with E-state index in [9.17, 15) is 9.59 Å². The zero-order chi connectivity index (χ0) is 20.2. The third-order valence-electron chi connectivity index (χ3n) is 4.92. The van der Waals surface area contributed by atoms with E-state index in [-0.39, 0.29) is 11.8 Å². The fraction of sp³-hybridized carbons (Fsp3) is 0.227. The molecule has 0 radical (unpaired) electrons. The molecule has 0 bridgehead atoms. The van der Waals surface area contributed by atoms with Crippen molar-refractivity contribution >= 4 is 23.4 Å². The summed E-state index contributed by atoms with van der Waals surface area (Å²) in [5.74, 6) is -0.178. The Kier molecular flexibility index (Phi) is 5.62. The second-order valence-corrected chi connectivity index (χ2v) is 7.47. The minimum Gasteiger partial charge on any atom is -0.347 e. The average Bonchev–Trinajstić information content (AvgIpc) is 3.16. The van der Waals surface area contributed by atoms with Crippen molar-refractivity contribution in [2.75, 3.05) is 6.54 Å². The van der Waals surface area contributed by atoms with Crippen molar-refractivity contribution in [3.8, 4) is 0 Å².